The highest BCUT2D eigenvalue weighted by Gasteiger charge is 2.34. The first kappa shape index (κ1) is 9.66. The Kier molecular flexibility index (Phi) is 2.62. The third-order valence-electron chi connectivity index (χ3n) is 1.86. The maximum Gasteiger partial charge on any atom is 0.317 e. The first-order valence-electron chi connectivity index (χ1n) is 3.76. The Hall–Kier alpha value is -1.43. The number of hydrogen-bond donors (Lipinski definition) is 2. The second kappa shape index (κ2) is 3.53. The van der Waals surface area contributed by atoms with Crippen molar-refractivity contribution in [3.63, 3.8) is 0 Å². The van der Waals surface area contributed by atoms with Gasteiger partial charge in [0.25, 0.3) is 0 Å². The summed E-state index contributed by atoms with van der Waals surface area (Å²) in [6.45, 7) is -0.245. The van der Waals surface area contributed by atoms with Crippen molar-refractivity contribution >= 4 is 17.8 Å². The van der Waals surface area contributed by atoms with E-state index >= 15 is 0 Å². The number of carbonyl (C=O) groups excluding carboxylic acids is 2. The van der Waals surface area contributed by atoms with Crippen LogP contribution in [-0.4, -0.2) is 47.4 Å². The first-order chi connectivity index (χ1) is 6.00. The van der Waals surface area contributed by atoms with Crippen molar-refractivity contribution in [2.24, 2.45) is 0 Å². The SMILES string of the molecule is CN(CC(=O)O)[C@H]1CC(=O)NC1=O. The molecule has 6 heteroatoms. The molecule has 0 aromatic carbocycles. The lowest BCUT2D eigenvalue weighted by atomic mass is 10.2. The monoisotopic (exact) mass is 186 g/mol. The van der Waals surface area contributed by atoms with Crippen LogP contribution in [0.15, 0.2) is 0 Å². The second-order valence-corrected chi connectivity index (χ2v) is 2.94. The quantitative estimate of drug-likeness (QED) is 0.519. The van der Waals surface area contributed by atoms with Crippen LogP contribution in [0.1, 0.15) is 6.42 Å². The van der Waals surface area contributed by atoms with Gasteiger partial charge in [-0.15, -0.1) is 0 Å². The Morgan fingerprint density at radius 1 is 1.69 bits per heavy atom. The van der Waals surface area contributed by atoms with Gasteiger partial charge in [0.1, 0.15) is 0 Å². The molecule has 1 rings (SSSR count). The number of carboxylic acid groups (broad SMARTS) is 1. The van der Waals surface area contributed by atoms with Gasteiger partial charge in [0, 0.05) is 0 Å². The lowest BCUT2D eigenvalue weighted by Crippen LogP contribution is -2.40. The highest BCUT2D eigenvalue weighted by Crippen LogP contribution is 2.08. The molecule has 0 bridgehead atoms. The van der Waals surface area contributed by atoms with Crippen molar-refractivity contribution < 1.29 is 19.5 Å². The van der Waals surface area contributed by atoms with E-state index < -0.39 is 17.9 Å². The van der Waals surface area contributed by atoms with Crippen molar-refractivity contribution in [2.45, 2.75) is 12.5 Å². The van der Waals surface area contributed by atoms with Gasteiger partial charge in [-0.25, -0.2) is 0 Å². The van der Waals surface area contributed by atoms with E-state index in [0.29, 0.717) is 0 Å². The zero-order chi connectivity index (χ0) is 10.0. The predicted molar refractivity (Wildman–Crippen MR) is 41.8 cm³/mol. The zero-order valence-corrected chi connectivity index (χ0v) is 7.11. The zero-order valence-electron chi connectivity index (χ0n) is 7.11. The normalized spacial score (nSPS) is 22.2. The molecule has 0 radical (unpaired) electrons. The van der Waals surface area contributed by atoms with Crippen LogP contribution >= 0.6 is 0 Å². The average molecular weight is 186 g/mol. The van der Waals surface area contributed by atoms with Gasteiger partial charge in [-0.2, -0.15) is 0 Å². The van der Waals surface area contributed by atoms with E-state index in [2.05, 4.69) is 5.32 Å². The number of rotatable bonds is 3. The van der Waals surface area contributed by atoms with Gasteiger partial charge < -0.3 is 5.11 Å². The molecule has 0 aliphatic carbocycles. The predicted octanol–water partition coefficient (Wildman–Crippen LogP) is -1.58. The molecule has 1 aliphatic rings. The number of aliphatic carboxylic acids is 1. The van der Waals surface area contributed by atoms with Crippen LogP contribution in [-0.2, 0) is 14.4 Å². The number of carbonyl (C=O) groups is 3. The summed E-state index contributed by atoms with van der Waals surface area (Å²) < 4.78 is 0. The third kappa shape index (κ3) is 2.25. The Bertz CT molecular complexity index is 263. The summed E-state index contributed by atoms with van der Waals surface area (Å²) in [6.07, 6.45) is 0.0443. The minimum Gasteiger partial charge on any atom is -0.480 e. The van der Waals surface area contributed by atoms with Crippen LogP contribution in [0.25, 0.3) is 0 Å². The van der Waals surface area contributed by atoms with Crippen molar-refractivity contribution in [3.8, 4) is 0 Å². The van der Waals surface area contributed by atoms with E-state index in [1.807, 2.05) is 0 Å². The standard InChI is InChI=1S/C7H10N2O4/c1-9(3-6(11)12)4-2-5(10)8-7(4)13/h4H,2-3H2,1H3,(H,11,12)(H,8,10,13)/t4-/m0/s1. The fraction of sp³-hybridized carbons (Fsp3) is 0.571. The van der Waals surface area contributed by atoms with E-state index in [1.165, 1.54) is 11.9 Å². The van der Waals surface area contributed by atoms with Crippen LogP contribution in [0.2, 0.25) is 0 Å². The largest absolute Gasteiger partial charge is 0.480 e. The van der Waals surface area contributed by atoms with Gasteiger partial charge in [0.05, 0.1) is 19.0 Å². The number of imide groups is 1. The summed E-state index contributed by atoms with van der Waals surface area (Å²) in [7, 11) is 1.50. The van der Waals surface area contributed by atoms with Gasteiger partial charge in [-0.05, 0) is 7.05 Å². The van der Waals surface area contributed by atoms with Crippen molar-refractivity contribution in [2.75, 3.05) is 13.6 Å². The van der Waals surface area contributed by atoms with Gasteiger partial charge in [0.2, 0.25) is 11.8 Å². The Morgan fingerprint density at radius 3 is 2.69 bits per heavy atom. The third-order valence-corrected chi connectivity index (χ3v) is 1.86. The highest BCUT2D eigenvalue weighted by atomic mass is 16.4. The minimum atomic E-state index is -1.02. The van der Waals surface area contributed by atoms with Crippen LogP contribution in [0.4, 0.5) is 0 Å². The molecule has 1 atom stereocenters. The van der Waals surface area contributed by atoms with Crippen molar-refractivity contribution in [3.05, 3.63) is 0 Å². The summed E-state index contributed by atoms with van der Waals surface area (Å²) in [6, 6.07) is -0.636. The molecule has 6 nitrogen and oxygen atoms in total. The van der Waals surface area contributed by atoms with Crippen LogP contribution in [0.3, 0.4) is 0 Å². The minimum absolute atomic E-state index is 0.0443. The molecule has 1 saturated heterocycles. The first-order valence-corrected chi connectivity index (χ1v) is 3.76. The van der Waals surface area contributed by atoms with Gasteiger partial charge in [-0.3, -0.25) is 24.6 Å². The fourth-order valence-corrected chi connectivity index (χ4v) is 1.22. The number of hydrogen-bond acceptors (Lipinski definition) is 4. The summed E-state index contributed by atoms with van der Waals surface area (Å²) in [4.78, 5) is 33.4. The smallest absolute Gasteiger partial charge is 0.317 e. The molecule has 2 N–H and O–H groups in total. The fourth-order valence-electron chi connectivity index (χ4n) is 1.22. The molecule has 2 amide bonds. The molecule has 13 heavy (non-hydrogen) atoms. The van der Waals surface area contributed by atoms with E-state index in [0.717, 1.165) is 0 Å². The maximum atomic E-state index is 11.0. The summed E-state index contributed by atoms with van der Waals surface area (Å²) in [5.74, 6) is -1.80. The average Bonchev–Trinajstić information content (AvgIpc) is 2.28. The van der Waals surface area contributed by atoms with Gasteiger partial charge in [-0.1, -0.05) is 0 Å². The second-order valence-electron chi connectivity index (χ2n) is 2.94. The molecule has 0 unspecified atom stereocenters. The lowest BCUT2D eigenvalue weighted by Gasteiger charge is -2.18. The molecule has 72 valence electrons. The Morgan fingerprint density at radius 2 is 2.31 bits per heavy atom. The Labute approximate surface area is 74.5 Å². The molecule has 1 heterocycles. The van der Waals surface area contributed by atoms with Gasteiger partial charge >= 0.3 is 5.97 Å². The lowest BCUT2D eigenvalue weighted by molar-refractivity contribution is -0.139. The molecule has 1 aliphatic heterocycles. The van der Waals surface area contributed by atoms with E-state index in [4.69, 9.17) is 5.11 Å². The number of likely N-dealkylation sites (N-methyl/N-ethyl adjacent to an activating group) is 1. The molecule has 0 aromatic heterocycles. The van der Waals surface area contributed by atoms with Gasteiger partial charge in [0.15, 0.2) is 0 Å². The number of carboxylic acids is 1. The number of amides is 2. The topological polar surface area (TPSA) is 86.7 Å². The van der Waals surface area contributed by atoms with E-state index in [1.54, 1.807) is 0 Å². The van der Waals surface area contributed by atoms with Crippen LogP contribution in [0.5, 0.6) is 0 Å². The molecule has 0 aromatic rings. The molecular weight excluding hydrogens is 176 g/mol. The molecule has 0 saturated carbocycles. The highest BCUT2D eigenvalue weighted by molar-refractivity contribution is 6.05. The van der Waals surface area contributed by atoms with Crippen LogP contribution < -0.4 is 5.32 Å². The summed E-state index contributed by atoms with van der Waals surface area (Å²) in [5.41, 5.74) is 0. The van der Waals surface area contributed by atoms with Crippen molar-refractivity contribution in [1.29, 1.82) is 0 Å². The maximum absolute atomic E-state index is 11.0. The summed E-state index contributed by atoms with van der Waals surface area (Å²) in [5, 5.41) is 10.5. The molecule has 0 spiro atoms. The summed E-state index contributed by atoms with van der Waals surface area (Å²) >= 11 is 0. The number of nitrogens with zero attached hydrogens (tertiary/aromatic N) is 1. The van der Waals surface area contributed by atoms with E-state index in [-0.39, 0.29) is 18.9 Å². The number of nitrogens with one attached hydrogen (secondary N) is 1. The van der Waals surface area contributed by atoms with E-state index in [9.17, 15) is 14.4 Å². The molecule has 1 fully saturated rings. The Balaban J connectivity index is 2.56. The van der Waals surface area contributed by atoms with Crippen molar-refractivity contribution in [1.82, 2.24) is 10.2 Å². The molecular formula is C7H10N2O4. The van der Waals surface area contributed by atoms with Crippen LogP contribution in [0, 0.1) is 0 Å².